The molecule has 0 bridgehead atoms. The summed E-state index contributed by atoms with van der Waals surface area (Å²) in [6, 6.07) is 190. The Balaban J connectivity index is 0.000000110. The Morgan fingerprint density at radius 2 is 0.423 bits per heavy atom. The van der Waals surface area contributed by atoms with Crippen LogP contribution in [-0.4, -0.2) is 28.2 Å². The first-order valence-electron chi connectivity index (χ1n) is 50.3. The zero-order chi connectivity index (χ0) is 99.3. The maximum absolute atomic E-state index is 15.4. The molecule has 6 aromatic heterocycles. The highest BCUT2D eigenvalue weighted by atomic mass is 31.2. The molecule has 23 aromatic carbocycles. The molecule has 149 heavy (non-hydrogen) atoms. The number of benzene rings is 23. The van der Waals surface area contributed by atoms with Gasteiger partial charge in [0, 0.05) is 80.1 Å². The number of nitrogens with zero attached hydrogens (tertiary/aromatic N) is 6. The van der Waals surface area contributed by atoms with Crippen molar-refractivity contribution < 1.29 is 13.7 Å². The molecule has 0 unspecified atom stereocenters. The summed E-state index contributed by atoms with van der Waals surface area (Å²) in [5, 5.41) is 22.4. The topological polar surface area (TPSA) is 103 Å². The van der Waals surface area contributed by atoms with Gasteiger partial charge in [0.1, 0.15) is 16.9 Å². The third kappa shape index (κ3) is 15.4. The van der Waals surface area contributed by atoms with Crippen molar-refractivity contribution in [1.82, 2.24) is 28.2 Å². The van der Waals surface area contributed by atoms with Crippen LogP contribution in [0.25, 0.3) is 203 Å². The lowest BCUT2D eigenvalue weighted by Crippen LogP contribution is -2.25. The van der Waals surface area contributed by atoms with Gasteiger partial charge in [0.05, 0.1) is 49.7 Å². The highest BCUT2D eigenvalue weighted by Gasteiger charge is 2.35. The van der Waals surface area contributed by atoms with Crippen LogP contribution in [0.5, 0.6) is 0 Å². The van der Waals surface area contributed by atoms with Gasteiger partial charge in [0.25, 0.3) is 0 Å². The average molecular weight is 1960 g/mol. The molecular formula is C137H91N6O3P3. The molecule has 6 heterocycles. The molecule has 9 nitrogen and oxygen atoms in total. The van der Waals surface area contributed by atoms with Crippen molar-refractivity contribution in [2.24, 2.45) is 0 Å². The van der Waals surface area contributed by atoms with E-state index in [1.807, 2.05) is 224 Å². The van der Waals surface area contributed by atoms with Crippen LogP contribution in [0, 0.1) is 0 Å². The SMILES string of the molecule is O=P(c1ccccc1)(c1ccccc1)c1ccc(-c2cccc(-c3ccc4c5ccccc5n5c6ccccc6nc5c4c3)c2)cc1.O=P(c1ccccc1)(c1ccccc1)c1ccc2cc(-c3cccc(-c4ccc5c6ccccc6n6c7ccccc7nc6c5c4)c3)ccc2c1.O=P(c1ccccc1)(c1ccccc1)c1cccc2c(-c3ccc(-c4ccc5c(c4)c4ccccc4n4c6ccccc6nc54)cc3)cccc12. The van der Waals surface area contributed by atoms with Gasteiger partial charge in [0.2, 0.25) is 0 Å². The fourth-order valence-electron chi connectivity index (χ4n) is 22.5. The van der Waals surface area contributed by atoms with Gasteiger partial charge in [-0.2, -0.15) is 0 Å². The zero-order valence-corrected chi connectivity index (χ0v) is 83.5. The number of rotatable bonds is 15. The van der Waals surface area contributed by atoms with E-state index in [0.717, 1.165) is 219 Å². The van der Waals surface area contributed by atoms with Crippen LogP contribution < -0.4 is 47.7 Å². The molecule has 29 aromatic rings. The first kappa shape index (κ1) is 89.5. The summed E-state index contributed by atoms with van der Waals surface area (Å²) in [4.78, 5) is 15.3. The molecule has 0 spiro atoms. The number of para-hydroxylation sites is 9. The number of imidazole rings is 3. The van der Waals surface area contributed by atoms with Crippen molar-refractivity contribution in [2.75, 3.05) is 0 Å². The van der Waals surface area contributed by atoms with Crippen LogP contribution >= 0.6 is 21.4 Å². The van der Waals surface area contributed by atoms with Crippen LogP contribution in [-0.2, 0) is 13.7 Å². The third-order valence-corrected chi connectivity index (χ3v) is 39.0. The van der Waals surface area contributed by atoms with Gasteiger partial charge in [-0.1, -0.05) is 449 Å². The lowest BCUT2D eigenvalue weighted by molar-refractivity contribution is 0.591. The highest BCUT2D eigenvalue weighted by Crippen LogP contribution is 2.50. The summed E-state index contributed by atoms with van der Waals surface area (Å²) in [6.45, 7) is 0. The predicted octanol–water partition coefficient (Wildman–Crippen LogP) is 31.6. The monoisotopic (exact) mass is 1960 g/mol. The summed E-state index contributed by atoms with van der Waals surface area (Å²) in [6.07, 6.45) is 0. The van der Waals surface area contributed by atoms with Crippen LogP contribution in [0.3, 0.4) is 0 Å². The standard InChI is InChI=1S/2C47H31N2OP.C43H29N2OP/c50-51(35-13-3-1-4-14-35,36-15-5-2-6-16-36)46-24-12-19-38-37(18-11-20-40(38)46)33-27-25-32(26-28-33)34-29-30-41-42(31-34)39-17-7-9-22-44(39)49-45-23-10-8-21-43(45)48-47(41)49;50-51(38-14-3-1-4-15-38,39-16-5-2-6-17-39)40-26-24-35-29-34(22-23-36(35)30-40)32-12-11-13-33(28-32)37-25-27-41-42-18-7-9-20-45(42)49-46-21-10-8-19-44(46)48-47(49)43(41)31-37;46-47(34-14-3-1-4-15-34,35-16-5-2-6-17-35)36-25-22-30(23-26-36)31-12-11-13-32(28-31)33-24-27-37-38-18-7-9-20-41(38)45-42-21-10-8-19-40(42)44-43(45)39(37)29-33/h2*1-31H;1-29H. The second kappa shape index (κ2) is 37.1. The number of pyridine rings is 3. The van der Waals surface area contributed by atoms with E-state index in [9.17, 15) is 9.13 Å². The van der Waals surface area contributed by atoms with E-state index in [-0.39, 0.29) is 0 Å². The summed E-state index contributed by atoms with van der Waals surface area (Å²) in [7, 11) is -9.23. The molecule has 0 amide bonds. The molecule has 29 rings (SSSR count). The van der Waals surface area contributed by atoms with Crippen LogP contribution in [0.15, 0.2) is 552 Å². The van der Waals surface area contributed by atoms with Crippen molar-refractivity contribution in [1.29, 1.82) is 0 Å². The molecule has 0 atom stereocenters. The summed E-state index contributed by atoms with van der Waals surface area (Å²) in [5.41, 5.74) is 26.3. The summed E-state index contributed by atoms with van der Waals surface area (Å²) in [5.74, 6) is 0. The highest BCUT2D eigenvalue weighted by molar-refractivity contribution is 7.86. The Morgan fingerprint density at radius 1 is 0.148 bits per heavy atom. The van der Waals surface area contributed by atoms with Gasteiger partial charge >= 0.3 is 0 Å². The first-order valence-corrected chi connectivity index (χ1v) is 55.4. The lowest BCUT2D eigenvalue weighted by atomic mass is 9.95. The van der Waals surface area contributed by atoms with Gasteiger partial charge in [-0.15, -0.1) is 0 Å². The van der Waals surface area contributed by atoms with Crippen molar-refractivity contribution in [3.05, 3.63) is 552 Å². The number of hydrogen-bond donors (Lipinski definition) is 0. The molecule has 12 heteroatoms. The van der Waals surface area contributed by atoms with Gasteiger partial charge in [-0.25, -0.2) is 15.0 Å². The van der Waals surface area contributed by atoms with Crippen molar-refractivity contribution in [2.45, 2.75) is 0 Å². The maximum atomic E-state index is 15.4. The summed E-state index contributed by atoms with van der Waals surface area (Å²) < 4.78 is 52.1. The normalized spacial score (nSPS) is 12.0. The fraction of sp³-hybridized carbons (Fsp3) is 0. The Kier molecular flexibility index (Phi) is 22.3. The Bertz CT molecular complexity index is 10400. The van der Waals surface area contributed by atoms with E-state index in [1.54, 1.807) is 0 Å². The minimum atomic E-state index is -3.15. The largest absolute Gasteiger partial charge is 0.309 e. The molecule has 0 saturated carbocycles. The van der Waals surface area contributed by atoms with Crippen molar-refractivity contribution in [3.8, 4) is 66.8 Å². The number of hydrogen-bond acceptors (Lipinski definition) is 6. The molecular weight excluding hydrogens is 1870 g/mol. The fourth-order valence-corrected chi connectivity index (χ4v) is 30.7. The number of fused-ring (bicyclic) bond motifs is 26. The van der Waals surface area contributed by atoms with E-state index < -0.39 is 21.4 Å². The van der Waals surface area contributed by atoms with Crippen LogP contribution in [0.1, 0.15) is 0 Å². The minimum absolute atomic E-state index is 0.827. The van der Waals surface area contributed by atoms with Crippen LogP contribution in [0.2, 0.25) is 0 Å². The van der Waals surface area contributed by atoms with Crippen molar-refractivity contribution in [3.63, 3.8) is 0 Å². The lowest BCUT2D eigenvalue weighted by Gasteiger charge is -2.22. The predicted molar refractivity (Wildman–Crippen MR) is 629 cm³/mol. The summed E-state index contributed by atoms with van der Waals surface area (Å²) >= 11 is 0. The Morgan fingerprint density at radius 3 is 0.872 bits per heavy atom. The van der Waals surface area contributed by atoms with E-state index in [0.29, 0.717) is 0 Å². The number of aromatic nitrogens is 6. The quantitative estimate of drug-likeness (QED) is 0.0748. The van der Waals surface area contributed by atoms with Gasteiger partial charge < -0.3 is 13.7 Å². The third-order valence-electron chi connectivity index (χ3n) is 29.7. The second-order valence-corrected chi connectivity index (χ2v) is 46.4. The van der Waals surface area contributed by atoms with E-state index in [1.165, 1.54) is 32.3 Å². The molecule has 0 fully saturated rings. The molecule has 702 valence electrons. The molecule has 0 aliphatic heterocycles. The molecule has 0 aliphatic rings. The zero-order valence-electron chi connectivity index (χ0n) is 80.8. The van der Waals surface area contributed by atoms with Crippen molar-refractivity contribution >= 4 is 206 Å². The van der Waals surface area contributed by atoms with E-state index in [2.05, 4.69) is 341 Å². The molecule has 0 saturated heterocycles. The van der Waals surface area contributed by atoms with E-state index in [4.69, 9.17) is 15.0 Å². The Labute approximate surface area is 860 Å². The minimum Gasteiger partial charge on any atom is -0.309 e. The van der Waals surface area contributed by atoms with Gasteiger partial charge in [0.15, 0.2) is 21.4 Å². The molecule has 0 N–H and O–H groups in total. The smallest absolute Gasteiger partial charge is 0.171 e. The second-order valence-electron chi connectivity index (χ2n) is 38.2. The van der Waals surface area contributed by atoms with E-state index >= 15 is 4.57 Å². The van der Waals surface area contributed by atoms with Gasteiger partial charge in [-0.05, 0) is 208 Å². The Hall–Kier alpha value is -18.3. The molecule has 0 radical (unpaired) electrons. The van der Waals surface area contributed by atoms with Gasteiger partial charge in [-0.3, -0.25) is 13.2 Å². The van der Waals surface area contributed by atoms with Crippen LogP contribution in [0.4, 0.5) is 0 Å². The average Bonchev–Trinajstić information content (AvgIpc) is 1.64. The molecule has 0 aliphatic carbocycles. The first-order chi connectivity index (χ1) is 73.5. The maximum Gasteiger partial charge on any atom is 0.171 e.